The molecule has 7 heteroatoms. The minimum atomic E-state index is -3.57. The zero-order valence-corrected chi connectivity index (χ0v) is 13.2. The summed E-state index contributed by atoms with van der Waals surface area (Å²) in [6.45, 7) is 4.34. The summed E-state index contributed by atoms with van der Waals surface area (Å²) in [6.07, 6.45) is 1.55. The second kappa shape index (κ2) is 5.90. The largest absolute Gasteiger partial charge is 0.372 e. The fraction of sp³-hybridized carbons (Fsp3) is 0.308. The van der Waals surface area contributed by atoms with E-state index in [0.717, 1.165) is 4.88 Å². The van der Waals surface area contributed by atoms with E-state index in [1.54, 1.807) is 30.6 Å². The molecule has 0 radical (unpaired) electrons. The van der Waals surface area contributed by atoms with E-state index in [9.17, 15) is 8.42 Å². The van der Waals surface area contributed by atoms with Crippen LogP contribution >= 0.6 is 11.3 Å². The van der Waals surface area contributed by atoms with Gasteiger partial charge in [0.05, 0.1) is 0 Å². The van der Waals surface area contributed by atoms with E-state index in [1.165, 1.54) is 16.5 Å². The van der Waals surface area contributed by atoms with Crippen molar-refractivity contribution in [2.75, 3.05) is 12.4 Å². The smallest absolute Gasteiger partial charge is 0.244 e. The van der Waals surface area contributed by atoms with E-state index in [0.29, 0.717) is 12.4 Å². The first-order valence-corrected chi connectivity index (χ1v) is 8.42. The summed E-state index contributed by atoms with van der Waals surface area (Å²) in [5, 5.41) is 2.79. The van der Waals surface area contributed by atoms with Crippen molar-refractivity contribution in [3.05, 3.63) is 39.7 Å². The van der Waals surface area contributed by atoms with Gasteiger partial charge in [-0.2, -0.15) is 0 Å². The molecule has 2 aromatic heterocycles. The number of aromatic nitrogens is 1. The summed E-state index contributed by atoms with van der Waals surface area (Å²) in [7, 11) is -1.93. The van der Waals surface area contributed by atoms with E-state index in [2.05, 4.69) is 15.0 Å². The molecular formula is C13H17N3O2S2. The first kappa shape index (κ1) is 15.0. The molecule has 0 spiro atoms. The molecular weight excluding hydrogens is 294 g/mol. The van der Waals surface area contributed by atoms with Crippen molar-refractivity contribution in [2.24, 2.45) is 0 Å². The van der Waals surface area contributed by atoms with Crippen molar-refractivity contribution in [3.8, 4) is 0 Å². The normalized spacial score (nSPS) is 11.6. The van der Waals surface area contributed by atoms with Crippen molar-refractivity contribution in [1.82, 2.24) is 9.71 Å². The van der Waals surface area contributed by atoms with Crippen LogP contribution < -0.4 is 10.0 Å². The van der Waals surface area contributed by atoms with E-state index < -0.39 is 10.0 Å². The number of hydrogen-bond acceptors (Lipinski definition) is 5. The number of pyridine rings is 1. The zero-order valence-electron chi connectivity index (χ0n) is 11.6. The monoisotopic (exact) mass is 311 g/mol. The third kappa shape index (κ3) is 3.17. The summed E-state index contributed by atoms with van der Waals surface area (Å²) in [4.78, 5) is 6.37. The molecule has 0 aliphatic rings. The van der Waals surface area contributed by atoms with Gasteiger partial charge in [0.1, 0.15) is 10.7 Å². The van der Waals surface area contributed by atoms with Crippen molar-refractivity contribution in [2.45, 2.75) is 25.3 Å². The molecule has 0 aromatic carbocycles. The third-order valence-corrected chi connectivity index (χ3v) is 5.54. The van der Waals surface area contributed by atoms with Gasteiger partial charge in [0.25, 0.3) is 0 Å². The molecule has 0 unspecified atom stereocenters. The molecule has 2 heterocycles. The van der Waals surface area contributed by atoms with Crippen LogP contribution in [0.25, 0.3) is 0 Å². The van der Waals surface area contributed by atoms with Crippen LogP contribution in [-0.2, 0) is 16.6 Å². The molecule has 0 bridgehead atoms. The van der Waals surface area contributed by atoms with Gasteiger partial charge in [0.15, 0.2) is 0 Å². The first-order valence-electron chi connectivity index (χ1n) is 6.12. The fourth-order valence-corrected chi connectivity index (χ4v) is 4.03. The Kier molecular flexibility index (Phi) is 4.42. The molecule has 0 amide bonds. The minimum absolute atomic E-state index is 0.160. The fourth-order valence-electron chi connectivity index (χ4n) is 1.78. The maximum absolute atomic E-state index is 12.3. The predicted molar refractivity (Wildman–Crippen MR) is 81.6 cm³/mol. The molecule has 2 aromatic rings. The predicted octanol–water partition coefficient (Wildman–Crippen LogP) is 2.28. The van der Waals surface area contributed by atoms with Gasteiger partial charge in [-0.1, -0.05) is 0 Å². The Balaban J connectivity index is 2.19. The number of nitrogens with zero attached hydrogens (tertiary/aromatic N) is 1. The lowest BCUT2D eigenvalue weighted by molar-refractivity contribution is 0.582. The molecule has 5 nitrogen and oxygen atoms in total. The van der Waals surface area contributed by atoms with Crippen LogP contribution in [-0.4, -0.2) is 20.4 Å². The standard InChI is InChI=1S/C13H17N3O2S2/c1-9-7-11(19-10(9)2)8-16-20(17,18)12-5-4-6-15-13(12)14-3/h4-7,16H,8H2,1-3H3,(H,14,15). The average molecular weight is 311 g/mol. The molecule has 0 saturated carbocycles. The highest BCUT2D eigenvalue weighted by Gasteiger charge is 2.18. The number of thiophene rings is 1. The average Bonchev–Trinajstić information content (AvgIpc) is 2.76. The lowest BCUT2D eigenvalue weighted by atomic mass is 10.3. The number of nitrogens with one attached hydrogen (secondary N) is 2. The lowest BCUT2D eigenvalue weighted by Crippen LogP contribution is -2.24. The van der Waals surface area contributed by atoms with Crippen molar-refractivity contribution < 1.29 is 8.42 Å². The number of hydrogen-bond donors (Lipinski definition) is 2. The van der Waals surface area contributed by atoms with Gasteiger partial charge in [-0.15, -0.1) is 11.3 Å². The summed E-state index contributed by atoms with van der Waals surface area (Å²) in [5.74, 6) is 0.346. The first-order chi connectivity index (χ1) is 9.44. The topological polar surface area (TPSA) is 71.1 Å². The molecule has 20 heavy (non-hydrogen) atoms. The second-order valence-electron chi connectivity index (χ2n) is 4.38. The molecule has 2 rings (SSSR count). The Bertz CT molecular complexity index is 689. The van der Waals surface area contributed by atoms with Gasteiger partial charge in [0, 0.05) is 29.5 Å². The van der Waals surface area contributed by atoms with Crippen molar-refractivity contribution >= 4 is 27.2 Å². The number of aryl methyl sites for hydroxylation is 2. The van der Waals surface area contributed by atoms with E-state index in [1.807, 2.05) is 19.9 Å². The molecule has 0 saturated heterocycles. The summed E-state index contributed by atoms with van der Waals surface area (Å²) in [6, 6.07) is 5.14. The lowest BCUT2D eigenvalue weighted by Gasteiger charge is -2.09. The van der Waals surface area contributed by atoms with Crippen LogP contribution in [0, 0.1) is 13.8 Å². The highest BCUT2D eigenvalue weighted by Crippen LogP contribution is 2.22. The highest BCUT2D eigenvalue weighted by atomic mass is 32.2. The van der Waals surface area contributed by atoms with Crippen LogP contribution in [0.15, 0.2) is 29.3 Å². The van der Waals surface area contributed by atoms with Gasteiger partial charge in [-0.3, -0.25) is 0 Å². The number of sulfonamides is 1. The van der Waals surface area contributed by atoms with Crippen LogP contribution in [0.2, 0.25) is 0 Å². The molecule has 0 fully saturated rings. The van der Waals surface area contributed by atoms with E-state index in [-0.39, 0.29) is 4.90 Å². The van der Waals surface area contributed by atoms with Gasteiger partial charge < -0.3 is 5.32 Å². The highest BCUT2D eigenvalue weighted by molar-refractivity contribution is 7.89. The molecule has 108 valence electrons. The number of rotatable bonds is 5. The zero-order chi connectivity index (χ0) is 14.8. The Morgan fingerprint density at radius 2 is 2.10 bits per heavy atom. The van der Waals surface area contributed by atoms with E-state index in [4.69, 9.17) is 0 Å². The van der Waals surface area contributed by atoms with Crippen LogP contribution in [0.5, 0.6) is 0 Å². The third-order valence-electron chi connectivity index (χ3n) is 2.95. The van der Waals surface area contributed by atoms with Crippen molar-refractivity contribution in [3.63, 3.8) is 0 Å². The minimum Gasteiger partial charge on any atom is -0.372 e. The second-order valence-corrected chi connectivity index (χ2v) is 7.45. The SMILES string of the molecule is CNc1ncccc1S(=O)(=O)NCc1cc(C)c(C)s1. The van der Waals surface area contributed by atoms with Crippen LogP contribution in [0.3, 0.4) is 0 Å². The Morgan fingerprint density at radius 3 is 2.70 bits per heavy atom. The van der Waals surface area contributed by atoms with Crippen molar-refractivity contribution in [1.29, 1.82) is 0 Å². The molecule has 0 aliphatic heterocycles. The Morgan fingerprint density at radius 1 is 1.35 bits per heavy atom. The Labute approximate surface area is 123 Å². The van der Waals surface area contributed by atoms with Crippen LogP contribution in [0.1, 0.15) is 15.3 Å². The summed E-state index contributed by atoms with van der Waals surface area (Å²) in [5.41, 5.74) is 1.18. The Hall–Kier alpha value is -1.44. The summed E-state index contributed by atoms with van der Waals surface area (Å²) >= 11 is 1.60. The maximum Gasteiger partial charge on any atom is 0.244 e. The molecule has 2 N–H and O–H groups in total. The van der Waals surface area contributed by atoms with Gasteiger partial charge in [-0.25, -0.2) is 18.1 Å². The number of anilines is 1. The molecule has 0 atom stereocenters. The van der Waals surface area contributed by atoms with Gasteiger partial charge in [-0.05, 0) is 37.6 Å². The molecule has 0 aliphatic carbocycles. The van der Waals surface area contributed by atoms with Gasteiger partial charge in [0.2, 0.25) is 10.0 Å². The van der Waals surface area contributed by atoms with Crippen LogP contribution in [0.4, 0.5) is 5.82 Å². The summed E-state index contributed by atoms with van der Waals surface area (Å²) < 4.78 is 27.2. The van der Waals surface area contributed by atoms with Gasteiger partial charge >= 0.3 is 0 Å². The van der Waals surface area contributed by atoms with E-state index >= 15 is 0 Å². The maximum atomic E-state index is 12.3. The quantitative estimate of drug-likeness (QED) is 0.888.